The number of alkyl halides is 13. The van der Waals surface area contributed by atoms with Crippen LogP contribution in [0.5, 0.6) is 0 Å². The van der Waals surface area contributed by atoms with E-state index in [9.17, 15) is 76.7 Å². The standard InChI is InChI=1S/C21H21F3O2.C17H16O2.C11H17F3O4.C7H15NO2.C4H6F3I.C4H7F3O.C4H12Si.H3N/c22-21(23,24)13-7-12-17-14-18(15-8-3-1-4-9-15)19(26-20(17)25)16-10-5-2-6-11-16;18-16-12-11-15(13-7-3-1-4-8-13)17(19-16)14-9-5-2-6-10-14;1-10(2,3)18-9(17)7(8(15)16)5-4-6-11(12,13)14;1-3-4-5-6(8)7(9)10-2;2*5-4(6,7)2-1-3-8;1-5(2,3)4;/h1-6,8-11,17-19H,7,12-14H2;1-10,15,17H,11-12H2;7H,4-6H2,1-3H3,(H,15,16);6H,3-5,8H2,1-2H3;1-3H2;8H,1-3H2;1-4H3;1H3/t17-,18+,19-;15-,17+;7-;6-;;;;/m0111..../s1. The van der Waals surface area contributed by atoms with Crippen molar-refractivity contribution in [3.63, 3.8) is 0 Å². The molecule has 0 amide bonds. The summed E-state index contributed by atoms with van der Waals surface area (Å²) in [5, 5.41) is 16.7. The van der Waals surface area contributed by atoms with Crippen molar-refractivity contribution in [2.75, 3.05) is 18.1 Å². The van der Waals surface area contributed by atoms with Gasteiger partial charge in [0.25, 0.3) is 0 Å². The number of carbonyl (C=O) groups is 5. The second-order valence-electron chi connectivity index (χ2n) is 24.7. The number of benzene rings is 4. The Balaban J connectivity index is 0. The number of hydrogen-bond donors (Lipinski definition) is 4. The number of unbranched alkanes of at least 4 members (excludes halogenated alkanes) is 1. The van der Waals surface area contributed by atoms with Crippen LogP contribution in [-0.4, -0.2) is 103 Å². The molecule has 0 bridgehead atoms. The highest BCUT2D eigenvalue weighted by atomic mass is 127. The van der Waals surface area contributed by atoms with Crippen molar-refractivity contribution < 1.29 is 106 Å². The van der Waals surface area contributed by atoms with Crippen LogP contribution >= 0.6 is 22.6 Å². The number of rotatable bonds is 20. The summed E-state index contributed by atoms with van der Waals surface area (Å²) in [5.74, 6) is -5.13. The molecule has 0 aromatic heterocycles. The van der Waals surface area contributed by atoms with Crippen LogP contribution < -0.4 is 11.9 Å². The Kier molecular flexibility index (Phi) is 44.6. The van der Waals surface area contributed by atoms with Crippen LogP contribution in [0.2, 0.25) is 26.2 Å². The van der Waals surface area contributed by atoms with Crippen molar-refractivity contribution in [3.8, 4) is 0 Å². The summed E-state index contributed by atoms with van der Waals surface area (Å²) in [6.45, 7) is 15.6. The molecule has 95 heavy (non-hydrogen) atoms. The third kappa shape index (κ3) is 46.9. The SMILES string of the molecule is CC(C)(C)OC(=O)[C@H](CCCC(F)(F)F)C(=O)O.CCCC[C@@H](N)C(=O)OC.C[Si](C)(C)C.FC(F)(F)CCCI.N.O=C1CC[C@H](c2ccccc2)[C@H](c2ccccc2)O1.O=C1O[C@@H](c2ccccc2)[C@@H](c2ccccc2)C[C@@H]1CCCC(F)(F)F.OCCCC(F)(F)F. The lowest BCUT2D eigenvalue weighted by atomic mass is 9.78. The number of aliphatic hydroxyl groups is 1. The number of carboxylic acids is 1. The van der Waals surface area contributed by atoms with Gasteiger partial charge in [-0.05, 0) is 105 Å². The number of carbonyl (C=O) groups excluding carboxylic acids is 4. The molecule has 4 aromatic rings. The van der Waals surface area contributed by atoms with Crippen LogP contribution in [0.25, 0.3) is 0 Å². The van der Waals surface area contributed by atoms with Crippen LogP contribution in [0.3, 0.4) is 0 Å². The smallest absolute Gasteiger partial charge is 0.389 e. The van der Waals surface area contributed by atoms with E-state index in [1.165, 1.54) is 12.7 Å². The Labute approximate surface area is 566 Å². The van der Waals surface area contributed by atoms with Crippen LogP contribution in [-0.2, 0) is 42.9 Å². The Hall–Kier alpha value is -5.78. The van der Waals surface area contributed by atoms with Gasteiger partial charge in [-0.25, -0.2) is 0 Å². The molecule has 0 unspecified atom stereocenters. The van der Waals surface area contributed by atoms with E-state index >= 15 is 0 Å². The number of hydrogen-bond acceptors (Lipinski definition) is 12. The highest BCUT2D eigenvalue weighted by molar-refractivity contribution is 14.1. The topological polar surface area (TPSA) is 224 Å². The van der Waals surface area contributed by atoms with E-state index < -0.39 is 112 Å². The molecule has 2 saturated heterocycles. The number of cyclic esters (lactones) is 2. The summed E-state index contributed by atoms with van der Waals surface area (Å²) in [5.41, 5.74) is 8.83. The van der Waals surface area contributed by atoms with Crippen LogP contribution in [0.4, 0.5) is 52.7 Å². The van der Waals surface area contributed by atoms with Crippen molar-refractivity contribution in [1.29, 1.82) is 0 Å². The number of methoxy groups -OCH3 is 1. The quantitative estimate of drug-likeness (QED) is 0.0123. The number of halogens is 13. The monoisotopic (exact) mass is 1500 g/mol. The van der Waals surface area contributed by atoms with Gasteiger partial charge in [0.2, 0.25) is 0 Å². The summed E-state index contributed by atoms with van der Waals surface area (Å²) in [4.78, 5) is 57.0. The molecule has 6 rings (SSSR count). The highest BCUT2D eigenvalue weighted by Crippen LogP contribution is 2.45. The predicted molar refractivity (Wildman–Crippen MR) is 353 cm³/mol. The number of nitrogens with two attached hydrogens (primary N) is 1. The fraction of sp³-hybridized carbons (Fsp3) is 0.574. The van der Waals surface area contributed by atoms with E-state index in [-0.39, 0.29) is 74.7 Å². The van der Waals surface area contributed by atoms with Gasteiger partial charge in [-0.15, -0.1) is 0 Å². The Morgan fingerprint density at radius 2 is 0.989 bits per heavy atom. The van der Waals surface area contributed by atoms with Crippen molar-refractivity contribution in [2.24, 2.45) is 17.6 Å². The van der Waals surface area contributed by atoms with Crippen LogP contribution in [0, 0.1) is 11.8 Å². The van der Waals surface area contributed by atoms with Gasteiger partial charge in [0, 0.05) is 58.6 Å². The summed E-state index contributed by atoms with van der Waals surface area (Å²) in [7, 11) is 0.744. The zero-order valence-corrected chi connectivity index (χ0v) is 58.7. The molecule has 2 aliphatic rings. The molecule has 0 spiro atoms. The number of aliphatic hydroxyl groups excluding tert-OH is 1. The van der Waals surface area contributed by atoms with Crippen LogP contribution in [0.1, 0.15) is 177 Å². The minimum Gasteiger partial charge on any atom is -0.481 e. The zero-order chi connectivity index (χ0) is 71.9. The number of esters is 4. The number of ether oxygens (including phenoxy) is 4. The van der Waals surface area contributed by atoms with Gasteiger partial charge < -0.3 is 41.0 Å². The Morgan fingerprint density at radius 1 is 0.600 bits per heavy atom. The van der Waals surface area contributed by atoms with E-state index in [1.807, 2.05) is 132 Å². The van der Waals surface area contributed by atoms with E-state index in [1.54, 1.807) is 20.8 Å². The average molecular weight is 1500 g/mol. The van der Waals surface area contributed by atoms with Gasteiger partial charge in [-0.1, -0.05) is 190 Å². The third-order valence-electron chi connectivity index (χ3n) is 13.0. The molecule has 2 heterocycles. The molecule has 0 saturated carbocycles. The van der Waals surface area contributed by atoms with Gasteiger partial charge in [0.1, 0.15) is 23.9 Å². The minimum absolute atomic E-state index is 0. The Morgan fingerprint density at radius 3 is 1.35 bits per heavy atom. The van der Waals surface area contributed by atoms with Gasteiger partial charge in [0.05, 0.1) is 13.0 Å². The van der Waals surface area contributed by atoms with Crippen molar-refractivity contribution in [1.82, 2.24) is 6.15 Å². The normalized spacial score (nSPS) is 17.7. The fourth-order valence-electron chi connectivity index (χ4n) is 8.72. The van der Waals surface area contributed by atoms with E-state index in [0.717, 1.165) is 42.4 Å². The minimum atomic E-state index is -4.35. The van der Waals surface area contributed by atoms with Gasteiger partial charge >= 0.3 is 54.6 Å². The number of aliphatic carboxylic acids is 1. The maximum absolute atomic E-state index is 12.4. The first-order valence-corrected chi connectivity index (χ1v) is 36.4. The first kappa shape index (κ1) is 91.3. The van der Waals surface area contributed by atoms with Crippen molar-refractivity contribution >= 4 is 60.5 Å². The first-order chi connectivity index (χ1) is 43.5. The van der Waals surface area contributed by atoms with Crippen molar-refractivity contribution in [3.05, 3.63) is 144 Å². The van der Waals surface area contributed by atoms with Crippen LogP contribution in [0.15, 0.2) is 121 Å². The molecule has 540 valence electrons. The maximum Gasteiger partial charge on any atom is 0.389 e. The molecular weight excluding hydrogens is 1400 g/mol. The van der Waals surface area contributed by atoms with E-state index in [0.29, 0.717) is 17.3 Å². The lowest BCUT2D eigenvalue weighted by Gasteiger charge is -2.36. The molecule has 13 nitrogen and oxygen atoms in total. The molecular formula is C68H97F12IN2O11Si. The lowest BCUT2D eigenvalue weighted by molar-refractivity contribution is -0.168. The second kappa shape index (κ2) is 46.4. The van der Waals surface area contributed by atoms with E-state index in [2.05, 4.69) is 50.0 Å². The molecule has 7 atom stereocenters. The zero-order valence-electron chi connectivity index (χ0n) is 55.6. The summed E-state index contributed by atoms with van der Waals surface area (Å²) in [6, 6.07) is 39.1. The Bertz CT molecular complexity index is 2680. The maximum atomic E-state index is 12.4. The number of carboxylic acid groups (broad SMARTS) is 1. The first-order valence-electron chi connectivity index (χ1n) is 30.9. The largest absolute Gasteiger partial charge is 0.481 e. The second-order valence-corrected chi connectivity index (χ2v) is 31.7. The molecule has 0 aliphatic carbocycles. The van der Waals surface area contributed by atoms with Gasteiger partial charge in [-0.3, -0.25) is 24.0 Å². The molecule has 27 heteroatoms. The van der Waals surface area contributed by atoms with E-state index in [4.69, 9.17) is 30.2 Å². The summed E-state index contributed by atoms with van der Waals surface area (Å²) in [6.07, 6.45) is -16.7. The fourth-order valence-corrected chi connectivity index (χ4v) is 9.10. The molecule has 0 radical (unpaired) electrons. The predicted octanol–water partition coefficient (Wildman–Crippen LogP) is 19.3. The van der Waals surface area contributed by atoms with Gasteiger partial charge in [-0.2, -0.15) is 52.7 Å². The average Bonchev–Trinajstić information content (AvgIpc) is 0.808. The molecule has 7 N–H and O–H groups in total. The highest BCUT2D eigenvalue weighted by Gasteiger charge is 2.40. The molecule has 4 aromatic carbocycles. The summed E-state index contributed by atoms with van der Waals surface area (Å²) < 4.78 is 161. The van der Waals surface area contributed by atoms with Gasteiger partial charge in [0.15, 0.2) is 5.92 Å². The summed E-state index contributed by atoms with van der Waals surface area (Å²) >= 11 is 1.93. The van der Waals surface area contributed by atoms with Crippen molar-refractivity contribution in [2.45, 2.75) is 217 Å². The third-order valence-corrected chi connectivity index (χ3v) is 13.8. The molecule has 2 aliphatic heterocycles. The lowest BCUT2D eigenvalue weighted by Crippen LogP contribution is -2.32. The molecule has 2 fully saturated rings.